The van der Waals surface area contributed by atoms with Crippen molar-refractivity contribution in [2.45, 2.75) is 0 Å². The lowest BCUT2D eigenvalue weighted by Crippen LogP contribution is -2.46. The van der Waals surface area contributed by atoms with E-state index in [1.165, 1.54) is 5.69 Å². The molecule has 1 aliphatic heterocycles. The van der Waals surface area contributed by atoms with Crippen LogP contribution in [0.25, 0.3) is 10.9 Å². The van der Waals surface area contributed by atoms with Crippen LogP contribution in [0.15, 0.2) is 36.1 Å². The Morgan fingerprint density at radius 3 is 2.50 bits per heavy atom. The van der Waals surface area contributed by atoms with Crippen molar-refractivity contribution in [3.05, 3.63) is 36.1 Å². The molecular formula is C17H20N6S. The van der Waals surface area contributed by atoms with Gasteiger partial charge in [-0.25, -0.2) is 15.0 Å². The number of hydrogen-bond donors (Lipinski definition) is 0. The Morgan fingerprint density at radius 2 is 1.79 bits per heavy atom. The molecule has 3 heterocycles. The van der Waals surface area contributed by atoms with Gasteiger partial charge < -0.3 is 14.7 Å². The Labute approximate surface area is 145 Å². The fourth-order valence-corrected chi connectivity index (χ4v) is 3.81. The highest BCUT2D eigenvalue weighted by Gasteiger charge is 2.19. The summed E-state index contributed by atoms with van der Waals surface area (Å²) in [5.74, 6) is 0.961. The van der Waals surface area contributed by atoms with Crippen LogP contribution in [0, 0.1) is 0 Å². The van der Waals surface area contributed by atoms with Crippen molar-refractivity contribution in [3.63, 3.8) is 0 Å². The third kappa shape index (κ3) is 2.75. The molecule has 0 unspecified atom stereocenters. The molecule has 1 saturated heterocycles. The van der Waals surface area contributed by atoms with Gasteiger partial charge in [0.05, 0.1) is 5.52 Å². The van der Waals surface area contributed by atoms with Gasteiger partial charge in [-0.2, -0.15) is 0 Å². The van der Waals surface area contributed by atoms with Gasteiger partial charge in [-0.3, -0.25) is 0 Å². The van der Waals surface area contributed by atoms with Gasteiger partial charge in [0.1, 0.15) is 12.1 Å². The molecule has 124 valence electrons. The first-order valence-electron chi connectivity index (χ1n) is 8.04. The standard InChI is InChI=1S/C17H20N6S/c1-21(2)16-14-11-13(3-4-15(14)19-12-20-16)22-6-8-23(9-7-22)17-18-5-10-24-17/h3-5,10-12H,6-9H2,1-2H3. The molecule has 0 spiro atoms. The summed E-state index contributed by atoms with van der Waals surface area (Å²) in [6, 6.07) is 6.46. The molecule has 1 fully saturated rings. The molecule has 0 amide bonds. The first-order valence-corrected chi connectivity index (χ1v) is 8.92. The number of hydrogen-bond acceptors (Lipinski definition) is 7. The van der Waals surface area contributed by atoms with E-state index < -0.39 is 0 Å². The van der Waals surface area contributed by atoms with Gasteiger partial charge >= 0.3 is 0 Å². The lowest BCUT2D eigenvalue weighted by molar-refractivity contribution is 0.652. The fraction of sp³-hybridized carbons (Fsp3) is 0.353. The smallest absolute Gasteiger partial charge is 0.185 e. The zero-order chi connectivity index (χ0) is 16.5. The van der Waals surface area contributed by atoms with Gasteiger partial charge in [-0.15, -0.1) is 11.3 Å². The maximum Gasteiger partial charge on any atom is 0.185 e. The summed E-state index contributed by atoms with van der Waals surface area (Å²) in [5, 5.41) is 4.26. The van der Waals surface area contributed by atoms with Crippen LogP contribution in [0.3, 0.4) is 0 Å². The van der Waals surface area contributed by atoms with Gasteiger partial charge in [0.25, 0.3) is 0 Å². The second-order valence-corrected chi connectivity index (χ2v) is 6.95. The van der Waals surface area contributed by atoms with E-state index in [4.69, 9.17) is 0 Å². The van der Waals surface area contributed by atoms with E-state index in [0.717, 1.165) is 48.0 Å². The minimum Gasteiger partial charge on any atom is -0.368 e. The zero-order valence-electron chi connectivity index (χ0n) is 13.9. The average molecular weight is 340 g/mol. The van der Waals surface area contributed by atoms with Crippen molar-refractivity contribution < 1.29 is 0 Å². The van der Waals surface area contributed by atoms with E-state index in [1.54, 1.807) is 17.7 Å². The minimum absolute atomic E-state index is 0.961. The predicted octanol–water partition coefficient (Wildman–Crippen LogP) is 2.48. The molecule has 0 atom stereocenters. The Morgan fingerprint density at radius 1 is 1.00 bits per heavy atom. The number of thiazole rings is 1. The first-order chi connectivity index (χ1) is 11.7. The zero-order valence-corrected chi connectivity index (χ0v) is 14.7. The molecule has 0 aliphatic carbocycles. The van der Waals surface area contributed by atoms with Crippen LogP contribution in [0.5, 0.6) is 0 Å². The maximum absolute atomic E-state index is 4.42. The number of piperazine rings is 1. The molecule has 0 bridgehead atoms. The molecule has 6 nitrogen and oxygen atoms in total. The quantitative estimate of drug-likeness (QED) is 0.730. The van der Waals surface area contributed by atoms with Crippen molar-refractivity contribution in [1.29, 1.82) is 0 Å². The number of anilines is 3. The van der Waals surface area contributed by atoms with Gasteiger partial charge in [-0.1, -0.05) is 0 Å². The lowest BCUT2D eigenvalue weighted by Gasteiger charge is -2.36. The normalized spacial score (nSPS) is 15.1. The fourth-order valence-electron chi connectivity index (χ4n) is 3.11. The number of benzene rings is 1. The molecule has 4 rings (SSSR count). The summed E-state index contributed by atoms with van der Waals surface area (Å²) in [7, 11) is 4.03. The highest BCUT2D eigenvalue weighted by Crippen LogP contribution is 2.28. The van der Waals surface area contributed by atoms with Crippen LogP contribution in [0.2, 0.25) is 0 Å². The Bertz CT molecular complexity index is 824. The summed E-state index contributed by atoms with van der Waals surface area (Å²) >= 11 is 1.71. The lowest BCUT2D eigenvalue weighted by atomic mass is 10.1. The van der Waals surface area contributed by atoms with Gasteiger partial charge in [0, 0.05) is 62.9 Å². The average Bonchev–Trinajstić information content (AvgIpc) is 3.15. The van der Waals surface area contributed by atoms with E-state index in [0.29, 0.717) is 0 Å². The molecular weight excluding hydrogens is 320 g/mol. The molecule has 0 N–H and O–H groups in total. The van der Waals surface area contributed by atoms with E-state index >= 15 is 0 Å². The van der Waals surface area contributed by atoms with Crippen LogP contribution in [-0.4, -0.2) is 55.2 Å². The SMILES string of the molecule is CN(C)c1ncnc2ccc(N3CCN(c4nccs4)CC3)cc12. The first kappa shape index (κ1) is 15.1. The molecule has 0 radical (unpaired) electrons. The van der Waals surface area contributed by atoms with Crippen LogP contribution < -0.4 is 14.7 Å². The third-order valence-corrected chi connectivity index (χ3v) is 5.19. The second kappa shape index (κ2) is 6.24. The van der Waals surface area contributed by atoms with Gasteiger partial charge in [-0.05, 0) is 18.2 Å². The van der Waals surface area contributed by atoms with Crippen molar-refractivity contribution in [3.8, 4) is 0 Å². The van der Waals surface area contributed by atoms with Crippen LogP contribution in [0.4, 0.5) is 16.6 Å². The van der Waals surface area contributed by atoms with Crippen LogP contribution in [0.1, 0.15) is 0 Å². The predicted molar refractivity (Wildman–Crippen MR) is 100 cm³/mol. The number of fused-ring (bicyclic) bond motifs is 1. The second-order valence-electron chi connectivity index (χ2n) is 6.08. The molecule has 7 heteroatoms. The van der Waals surface area contributed by atoms with E-state index in [2.05, 4.69) is 43.0 Å². The van der Waals surface area contributed by atoms with E-state index in [1.807, 2.05) is 30.6 Å². The van der Waals surface area contributed by atoms with Crippen molar-refractivity contribution in [1.82, 2.24) is 15.0 Å². The maximum atomic E-state index is 4.42. The van der Waals surface area contributed by atoms with Gasteiger partial charge in [0.15, 0.2) is 5.13 Å². The van der Waals surface area contributed by atoms with Crippen molar-refractivity contribution >= 4 is 38.9 Å². The Kier molecular flexibility index (Phi) is 3.93. The number of rotatable bonds is 3. The number of nitrogens with zero attached hydrogens (tertiary/aromatic N) is 6. The summed E-state index contributed by atoms with van der Waals surface area (Å²) in [5.41, 5.74) is 2.22. The third-order valence-electron chi connectivity index (χ3n) is 4.36. The Balaban J connectivity index is 1.58. The van der Waals surface area contributed by atoms with Crippen LogP contribution >= 0.6 is 11.3 Å². The highest BCUT2D eigenvalue weighted by atomic mass is 32.1. The van der Waals surface area contributed by atoms with Crippen LogP contribution in [-0.2, 0) is 0 Å². The summed E-state index contributed by atoms with van der Waals surface area (Å²) in [4.78, 5) is 20.0. The largest absolute Gasteiger partial charge is 0.368 e. The molecule has 0 saturated carbocycles. The van der Waals surface area contributed by atoms with E-state index in [-0.39, 0.29) is 0 Å². The van der Waals surface area contributed by atoms with E-state index in [9.17, 15) is 0 Å². The van der Waals surface area contributed by atoms with Crippen molar-refractivity contribution in [2.75, 3.05) is 55.0 Å². The van der Waals surface area contributed by atoms with Gasteiger partial charge in [0.2, 0.25) is 0 Å². The molecule has 2 aromatic heterocycles. The monoisotopic (exact) mass is 340 g/mol. The molecule has 1 aliphatic rings. The number of aromatic nitrogens is 3. The summed E-state index contributed by atoms with van der Waals surface area (Å²) < 4.78 is 0. The highest BCUT2D eigenvalue weighted by molar-refractivity contribution is 7.13. The minimum atomic E-state index is 0.961. The molecule has 1 aromatic carbocycles. The molecule has 24 heavy (non-hydrogen) atoms. The molecule has 3 aromatic rings. The van der Waals surface area contributed by atoms with Crippen molar-refractivity contribution in [2.24, 2.45) is 0 Å². The summed E-state index contributed by atoms with van der Waals surface area (Å²) in [6.45, 7) is 3.99. The Hall–Kier alpha value is -2.41. The topological polar surface area (TPSA) is 48.4 Å². The summed E-state index contributed by atoms with van der Waals surface area (Å²) in [6.07, 6.45) is 3.50.